The van der Waals surface area contributed by atoms with E-state index in [0.29, 0.717) is 25.2 Å². The molecule has 242 valence electrons. The summed E-state index contributed by atoms with van der Waals surface area (Å²) < 4.78 is 6.74. The number of carbonyl (C=O) groups excluding carboxylic acids is 3. The van der Waals surface area contributed by atoms with Gasteiger partial charge in [0.25, 0.3) is 5.91 Å². The number of aliphatic hydroxyl groups is 1. The van der Waals surface area contributed by atoms with Crippen LogP contribution < -0.4 is 9.80 Å². The molecule has 7 atom stereocenters. The Kier molecular flexibility index (Phi) is 11.0. The Morgan fingerprint density at radius 1 is 1.09 bits per heavy atom. The minimum absolute atomic E-state index is 0.140. The monoisotopic (exact) mass is 672 g/mol. The Hall–Kier alpha value is -2.69. The SMILES string of the molecule is C=CCN(CCC)C(=O)[C@H]1[C@H]2C(=O)N([C@@H](CO)C(C)C)C(C(=O)N(CC=C)c3ccc(N(CC)CC)cc3)C23CC(Br)[C@@H]1O3. The van der Waals surface area contributed by atoms with Crippen LogP contribution in [0.1, 0.15) is 47.5 Å². The van der Waals surface area contributed by atoms with Crippen molar-refractivity contribution in [3.63, 3.8) is 0 Å². The average molecular weight is 674 g/mol. The lowest BCUT2D eigenvalue weighted by molar-refractivity contribution is -0.148. The van der Waals surface area contributed by atoms with Crippen molar-refractivity contribution in [2.75, 3.05) is 49.1 Å². The van der Waals surface area contributed by atoms with Crippen molar-refractivity contribution < 1.29 is 24.2 Å². The standard InChI is InChI=1S/C34H49BrN4O5/c1-8-17-37(18-9-2)31(41)27-28-32(42)39(26(21-40)22(6)7)30(34(28)20-25(35)29(27)44-34)33(43)38(19-10-3)24-15-13-23(14-16-24)36(11-4)12-5/h8,10,13-16,22,25-30,40H,1,3,9,11-12,17-21H2,2,4-7H3/t25?,26-,27-,28-,29-,30?,34?/m0/s1. The predicted molar refractivity (Wildman–Crippen MR) is 178 cm³/mol. The molecule has 2 bridgehead atoms. The summed E-state index contributed by atoms with van der Waals surface area (Å²) in [7, 11) is 0. The van der Waals surface area contributed by atoms with E-state index in [-0.39, 0.29) is 41.6 Å². The zero-order valence-corrected chi connectivity index (χ0v) is 28.4. The zero-order chi connectivity index (χ0) is 32.3. The Bertz CT molecular complexity index is 1220. The highest BCUT2D eigenvalue weighted by Gasteiger charge is 2.77. The molecule has 44 heavy (non-hydrogen) atoms. The fraction of sp³-hybridized carbons (Fsp3) is 0.618. The first-order valence-electron chi connectivity index (χ1n) is 16.0. The fourth-order valence-electron chi connectivity index (χ4n) is 7.57. The third kappa shape index (κ3) is 5.73. The topological polar surface area (TPSA) is 93.6 Å². The molecule has 3 saturated heterocycles. The molecule has 3 fully saturated rings. The van der Waals surface area contributed by atoms with Gasteiger partial charge in [0, 0.05) is 48.9 Å². The summed E-state index contributed by atoms with van der Waals surface area (Å²) in [6.07, 6.45) is 3.97. The Morgan fingerprint density at radius 3 is 2.23 bits per heavy atom. The molecular weight excluding hydrogens is 624 g/mol. The van der Waals surface area contributed by atoms with Crippen molar-refractivity contribution >= 4 is 45.0 Å². The number of hydrogen-bond donors (Lipinski definition) is 1. The largest absolute Gasteiger partial charge is 0.394 e. The molecule has 0 aliphatic carbocycles. The van der Waals surface area contributed by atoms with Crippen LogP contribution in [0, 0.1) is 17.8 Å². The maximum atomic E-state index is 14.9. The Labute approximate surface area is 271 Å². The van der Waals surface area contributed by atoms with Gasteiger partial charge in [-0.3, -0.25) is 14.4 Å². The van der Waals surface area contributed by atoms with E-state index in [1.54, 1.807) is 26.9 Å². The highest BCUT2D eigenvalue weighted by atomic mass is 79.9. The van der Waals surface area contributed by atoms with Gasteiger partial charge in [0.15, 0.2) is 0 Å². The van der Waals surface area contributed by atoms with Gasteiger partial charge >= 0.3 is 0 Å². The van der Waals surface area contributed by atoms with Gasteiger partial charge in [-0.2, -0.15) is 0 Å². The molecule has 9 nitrogen and oxygen atoms in total. The van der Waals surface area contributed by atoms with Gasteiger partial charge in [-0.1, -0.05) is 48.9 Å². The van der Waals surface area contributed by atoms with Gasteiger partial charge in [-0.25, -0.2) is 0 Å². The Morgan fingerprint density at radius 2 is 1.70 bits per heavy atom. The van der Waals surface area contributed by atoms with Gasteiger partial charge in [0.2, 0.25) is 11.8 Å². The van der Waals surface area contributed by atoms with Gasteiger partial charge < -0.3 is 29.4 Å². The number of ether oxygens (including phenoxy) is 1. The maximum absolute atomic E-state index is 14.9. The van der Waals surface area contributed by atoms with Gasteiger partial charge in [0.1, 0.15) is 11.6 Å². The van der Waals surface area contributed by atoms with Gasteiger partial charge in [0.05, 0.1) is 30.6 Å². The van der Waals surface area contributed by atoms with Crippen LogP contribution in [0.25, 0.3) is 0 Å². The number of rotatable bonds is 15. The molecule has 4 rings (SSSR count). The lowest BCUT2D eigenvalue weighted by atomic mass is 9.70. The van der Waals surface area contributed by atoms with Crippen molar-refractivity contribution in [2.45, 2.75) is 76.1 Å². The first-order valence-corrected chi connectivity index (χ1v) is 16.9. The van der Waals surface area contributed by atoms with Crippen molar-refractivity contribution in [1.82, 2.24) is 9.80 Å². The summed E-state index contributed by atoms with van der Waals surface area (Å²) in [4.78, 5) is 50.6. The minimum Gasteiger partial charge on any atom is -0.394 e. The molecule has 0 radical (unpaired) electrons. The average Bonchev–Trinajstić information content (AvgIpc) is 3.60. The number of alkyl halides is 1. The van der Waals surface area contributed by atoms with Crippen molar-refractivity contribution in [1.29, 1.82) is 0 Å². The number of anilines is 2. The van der Waals surface area contributed by atoms with Crippen molar-refractivity contribution in [2.24, 2.45) is 17.8 Å². The van der Waals surface area contributed by atoms with Crippen LogP contribution in [0.4, 0.5) is 11.4 Å². The lowest BCUT2D eigenvalue weighted by Crippen LogP contribution is -2.60. The molecular formula is C34H49BrN4O5. The number of hydrogen-bond acceptors (Lipinski definition) is 6. The zero-order valence-electron chi connectivity index (χ0n) is 26.8. The molecule has 1 spiro atoms. The van der Waals surface area contributed by atoms with Gasteiger partial charge in [-0.05, 0) is 56.9 Å². The summed E-state index contributed by atoms with van der Waals surface area (Å²) in [5.74, 6) is -2.49. The second-order valence-electron chi connectivity index (χ2n) is 12.4. The van der Waals surface area contributed by atoms with Crippen molar-refractivity contribution in [3.05, 3.63) is 49.6 Å². The number of nitrogens with zero attached hydrogens (tertiary/aromatic N) is 4. The minimum atomic E-state index is -1.22. The molecule has 1 aromatic rings. The van der Waals surface area contributed by atoms with E-state index >= 15 is 0 Å². The number of likely N-dealkylation sites (tertiary alicyclic amines) is 1. The van der Waals surface area contributed by atoms with Crippen LogP contribution >= 0.6 is 15.9 Å². The molecule has 3 aliphatic heterocycles. The molecule has 0 aromatic heterocycles. The third-order valence-electron chi connectivity index (χ3n) is 9.58. The number of benzene rings is 1. The fourth-order valence-corrected chi connectivity index (χ4v) is 8.51. The molecule has 0 saturated carbocycles. The van der Waals surface area contributed by atoms with Crippen LogP contribution in [-0.4, -0.2) is 101 Å². The summed E-state index contributed by atoms with van der Waals surface area (Å²) in [5.41, 5.74) is 0.514. The number of halogens is 1. The normalized spacial score (nSPS) is 27.8. The highest BCUT2D eigenvalue weighted by Crippen LogP contribution is 2.61. The summed E-state index contributed by atoms with van der Waals surface area (Å²) in [5, 5.41) is 10.6. The van der Waals surface area contributed by atoms with Crippen LogP contribution in [0.2, 0.25) is 0 Å². The summed E-state index contributed by atoms with van der Waals surface area (Å²) >= 11 is 3.77. The number of amides is 3. The van der Waals surface area contributed by atoms with Gasteiger partial charge in [-0.15, -0.1) is 13.2 Å². The van der Waals surface area contributed by atoms with E-state index in [0.717, 1.165) is 25.2 Å². The first-order chi connectivity index (χ1) is 21.1. The summed E-state index contributed by atoms with van der Waals surface area (Å²) in [6, 6.07) is 6.18. The lowest BCUT2D eigenvalue weighted by Gasteiger charge is -2.40. The Balaban J connectivity index is 1.82. The van der Waals surface area contributed by atoms with E-state index in [2.05, 4.69) is 47.8 Å². The van der Waals surface area contributed by atoms with Crippen LogP contribution in [0.15, 0.2) is 49.6 Å². The van der Waals surface area contributed by atoms with Crippen LogP contribution in [-0.2, 0) is 19.1 Å². The molecule has 3 heterocycles. The van der Waals surface area contributed by atoms with Crippen LogP contribution in [0.3, 0.4) is 0 Å². The molecule has 10 heteroatoms. The number of aliphatic hydroxyl groups excluding tert-OH is 1. The smallest absolute Gasteiger partial charge is 0.253 e. The third-order valence-corrected chi connectivity index (χ3v) is 10.4. The quantitative estimate of drug-likeness (QED) is 0.221. The second kappa shape index (κ2) is 14.2. The number of fused-ring (bicyclic) bond motifs is 1. The molecule has 1 aromatic carbocycles. The molecule has 3 amide bonds. The van der Waals surface area contributed by atoms with E-state index < -0.39 is 35.6 Å². The molecule has 3 aliphatic rings. The molecule has 3 unspecified atom stereocenters. The highest BCUT2D eigenvalue weighted by molar-refractivity contribution is 9.09. The number of carbonyl (C=O) groups is 3. The van der Waals surface area contributed by atoms with E-state index in [9.17, 15) is 19.5 Å². The van der Waals surface area contributed by atoms with Crippen molar-refractivity contribution in [3.8, 4) is 0 Å². The summed E-state index contributed by atoms with van der Waals surface area (Å²) in [6.45, 7) is 20.3. The second-order valence-corrected chi connectivity index (χ2v) is 13.6. The molecule has 1 N–H and O–H groups in total. The van der Waals surface area contributed by atoms with E-state index in [1.165, 1.54) is 0 Å². The first kappa shape index (κ1) is 34.2. The van der Waals surface area contributed by atoms with E-state index in [1.807, 2.05) is 45.0 Å². The van der Waals surface area contributed by atoms with E-state index in [4.69, 9.17) is 4.74 Å². The maximum Gasteiger partial charge on any atom is 0.253 e. The predicted octanol–water partition coefficient (Wildman–Crippen LogP) is 4.24. The van der Waals surface area contributed by atoms with Crippen LogP contribution in [0.5, 0.6) is 0 Å².